The van der Waals surface area contributed by atoms with Crippen LogP contribution in [0, 0.1) is 0 Å². The molecule has 0 amide bonds. The molecule has 0 unspecified atom stereocenters. The molecular weight excluding hydrogens is 288 g/mol. The van der Waals surface area contributed by atoms with Crippen molar-refractivity contribution in [3.63, 3.8) is 0 Å². The van der Waals surface area contributed by atoms with E-state index < -0.39 is 0 Å². The number of rotatable bonds is 5. The van der Waals surface area contributed by atoms with Crippen LogP contribution in [0.5, 0.6) is 11.5 Å². The van der Waals surface area contributed by atoms with Gasteiger partial charge in [-0.2, -0.15) is 0 Å². The third kappa shape index (κ3) is 2.27. The number of ether oxygens (including phenoxy) is 2. The number of hydrogen-bond acceptors (Lipinski definition) is 5. The summed E-state index contributed by atoms with van der Waals surface area (Å²) in [6.07, 6.45) is 2.66. The Balaban J connectivity index is 2.13. The highest BCUT2D eigenvalue weighted by Crippen LogP contribution is 2.34. The van der Waals surface area contributed by atoms with Gasteiger partial charge in [0.2, 0.25) is 0 Å². The van der Waals surface area contributed by atoms with Crippen LogP contribution in [-0.2, 0) is 0 Å². The van der Waals surface area contributed by atoms with Gasteiger partial charge < -0.3 is 9.47 Å². The molecule has 3 rings (SSSR count). The van der Waals surface area contributed by atoms with Crippen molar-refractivity contribution in [3.8, 4) is 22.8 Å². The van der Waals surface area contributed by atoms with Crippen LogP contribution < -0.4 is 9.47 Å². The largest absolute Gasteiger partial charge is 0.493 e. The molecule has 0 radical (unpaired) electrons. The van der Waals surface area contributed by atoms with E-state index in [0.717, 1.165) is 16.8 Å². The van der Waals surface area contributed by atoms with Crippen molar-refractivity contribution in [1.82, 2.24) is 9.38 Å². The highest BCUT2D eigenvalue weighted by molar-refractivity contribution is 7.15. The lowest BCUT2D eigenvalue weighted by atomic mass is 10.1. The van der Waals surface area contributed by atoms with Gasteiger partial charge in [0.25, 0.3) is 0 Å². The van der Waals surface area contributed by atoms with Crippen LogP contribution in [0.1, 0.15) is 17.4 Å². The molecule has 0 N–H and O–H groups in total. The summed E-state index contributed by atoms with van der Waals surface area (Å²) >= 11 is 1.49. The molecule has 1 aromatic carbocycles. The lowest BCUT2D eigenvalue weighted by molar-refractivity contribution is 0.111. The summed E-state index contributed by atoms with van der Waals surface area (Å²) in [7, 11) is 1.59. The van der Waals surface area contributed by atoms with Gasteiger partial charge in [-0.3, -0.25) is 9.20 Å². The van der Waals surface area contributed by atoms with Gasteiger partial charge in [0.05, 0.1) is 13.7 Å². The summed E-state index contributed by atoms with van der Waals surface area (Å²) < 4.78 is 12.6. The van der Waals surface area contributed by atoms with Crippen LogP contribution in [0.4, 0.5) is 0 Å². The molecule has 2 heterocycles. The fourth-order valence-corrected chi connectivity index (χ4v) is 2.94. The van der Waals surface area contributed by atoms with Crippen molar-refractivity contribution < 1.29 is 14.3 Å². The van der Waals surface area contributed by atoms with Gasteiger partial charge in [0.15, 0.2) is 22.7 Å². The SMILES string of the molecule is CCOc1ccc(-c2nc3sccn3c2C=O)cc1OC. The normalized spacial score (nSPS) is 10.8. The van der Waals surface area contributed by atoms with E-state index in [4.69, 9.17) is 9.47 Å². The molecule has 0 aliphatic carbocycles. The summed E-state index contributed by atoms with van der Waals surface area (Å²) in [6, 6.07) is 5.55. The number of benzene rings is 1. The minimum atomic E-state index is 0.539. The molecule has 5 nitrogen and oxygen atoms in total. The topological polar surface area (TPSA) is 52.8 Å². The average molecular weight is 302 g/mol. The number of thiazole rings is 1. The molecule has 108 valence electrons. The average Bonchev–Trinajstić information content (AvgIpc) is 3.08. The Kier molecular flexibility index (Phi) is 3.62. The minimum absolute atomic E-state index is 0.539. The molecule has 3 aromatic rings. The van der Waals surface area contributed by atoms with E-state index in [1.54, 1.807) is 11.5 Å². The van der Waals surface area contributed by atoms with Gasteiger partial charge in [-0.05, 0) is 25.1 Å². The molecular formula is C15H14N2O3S. The second-order valence-electron chi connectivity index (χ2n) is 4.32. The van der Waals surface area contributed by atoms with Crippen molar-refractivity contribution in [2.24, 2.45) is 0 Å². The van der Waals surface area contributed by atoms with Crippen LogP contribution in [0.2, 0.25) is 0 Å². The van der Waals surface area contributed by atoms with Gasteiger partial charge in [-0.25, -0.2) is 4.98 Å². The van der Waals surface area contributed by atoms with Crippen LogP contribution in [-0.4, -0.2) is 29.4 Å². The third-order valence-corrected chi connectivity index (χ3v) is 3.90. The number of carbonyl (C=O) groups excluding carboxylic acids is 1. The molecule has 0 aliphatic heterocycles. The lowest BCUT2D eigenvalue weighted by Gasteiger charge is -2.10. The van der Waals surface area contributed by atoms with E-state index in [1.807, 2.05) is 36.7 Å². The van der Waals surface area contributed by atoms with Crippen molar-refractivity contribution in [3.05, 3.63) is 35.5 Å². The number of fused-ring (bicyclic) bond motifs is 1. The molecule has 0 fully saturated rings. The quantitative estimate of drug-likeness (QED) is 0.679. The molecule has 0 saturated carbocycles. The first-order chi connectivity index (χ1) is 10.3. The Hall–Kier alpha value is -2.34. The second kappa shape index (κ2) is 5.57. The Morgan fingerprint density at radius 3 is 2.95 bits per heavy atom. The fraction of sp³-hybridized carbons (Fsp3) is 0.200. The summed E-state index contributed by atoms with van der Waals surface area (Å²) in [6.45, 7) is 2.48. The summed E-state index contributed by atoms with van der Waals surface area (Å²) in [5.41, 5.74) is 2.02. The monoisotopic (exact) mass is 302 g/mol. The molecule has 0 saturated heterocycles. The lowest BCUT2D eigenvalue weighted by Crippen LogP contribution is -1.96. The minimum Gasteiger partial charge on any atom is -0.493 e. The first-order valence-corrected chi connectivity index (χ1v) is 7.38. The molecule has 0 atom stereocenters. The summed E-state index contributed by atoms with van der Waals surface area (Å²) in [4.78, 5) is 16.7. The maximum atomic E-state index is 11.4. The Bertz CT molecular complexity index is 791. The molecule has 0 bridgehead atoms. The van der Waals surface area contributed by atoms with Crippen LogP contribution in [0.3, 0.4) is 0 Å². The second-order valence-corrected chi connectivity index (χ2v) is 5.19. The number of aromatic nitrogens is 2. The van der Waals surface area contributed by atoms with E-state index in [2.05, 4.69) is 4.98 Å². The molecule has 2 aromatic heterocycles. The first-order valence-electron chi connectivity index (χ1n) is 6.50. The molecule has 6 heteroatoms. The van der Waals surface area contributed by atoms with Crippen molar-refractivity contribution in [2.75, 3.05) is 13.7 Å². The van der Waals surface area contributed by atoms with Crippen LogP contribution in [0.15, 0.2) is 29.8 Å². The van der Waals surface area contributed by atoms with Crippen LogP contribution >= 0.6 is 11.3 Å². The number of nitrogens with zero attached hydrogens (tertiary/aromatic N) is 2. The van der Waals surface area contributed by atoms with Gasteiger partial charge in [-0.15, -0.1) is 11.3 Å². The van der Waals surface area contributed by atoms with Crippen molar-refractivity contribution >= 4 is 22.6 Å². The van der Waals surface area contributed by atoms with Gasteiger partial charge >= 0.3 is 0 Å². The van der Waals surface area contributed by atoms with Crippen molar-refractivity contribution in [1.29, 1.82) is 0 Å². The number of methoxy groups -OCH3 is 1. The van der Waals surface area contributed by atoms with E-state index in [0.29, 0.717) is 29.5 Å². The number of hydrogen-bond donors (Lipinski definition) is 0. The third-order valence-electron chi connectivity index (χ3n) is 3.15. The predicted octanol–water partition coefficient (Wildman–Crippen LogP) is 3.28. The zero-order valence-electron chi connectivity index (χ0n) is 11.7. The zero-order valence-corrected chi connectivity index (χ0v) is 12.5. The van der Waals surface area contributed by atoms with Gasteiger partial charge in [0.1, 0.15) is 11.4 Å². The summed E-state index contributed by atoms with van der Waals surface area (Å²) in [5.74, 6) is 1.31. The standard InChI is InChI=1S/C15H14N2O3S/c1-3-20-12-5-4-10(8-13(12)19-2)14-11(9-18)17-6-7-21-15(17)16-14/h4-9H,3H2,1-2H3. The molecule has 0 spiro atoms. The molecule has 21 heavy (non-hydrogen) atoms. The highest BCUT2D eigenvalue weighted by atomic mass is 32.1. The maximum absolute atomic E-state index is 11.4. The van der Waals surface area contributed by atoms with Crippen LogP contribution in [0.25, 0.3) is 16.2 Å². The van der Waals surface area contributed by atoms with E-state index in [-0.39, 0.29) is 0 Å². The van der Waals surface area contributed by atoms with E-state index in [9.17, 15) is 4.79 Å². The van der Waals surface area contributed by atoms with E-state index >= 15 is 0 Å². The maximum Gasteiger partial charge on any atom is 0.194 e. The smallest absolute Gasteiger partial charge is 0.194 e. The van der Waals surface area contributed by atoms with Crippen molar-refractivity contribution in [2.45, 2.75) is 6.92 Å². The predicted molar refractivity (Wildman–Crippen MR) is 81.6 cm³/mol. The number of imidazole rings is 1. The highest BCUT2D eigenvalue weighted by Gasteiger charge is 2.16. The zero-order chi connectivity index (χ0) is 14.8. The molecule has 0 aliphatic rings. The number of aldehydes is 1. The number of carbonyl (C=O) groups is 1. The Morgan fingerprint density at radius 1 is 1.38 bits per heavy atom. The van der Waals surface area contributed by atoms with Gasteiger partial charge in [-0.1, -0.05) is 0 Å². The van der Waals surface area contributed by atoms with Gasteiger partial charge in [0, 0.05) is 17.1 Å². The first kappa shape index (κ1) is 13.6. The Labute approximate surface area is 125 Å². The Morgan fingerprint density at radius 2 is 2.24 bits per heavy atom. The fourth-order valence-electron chi connectivity index (χ4n) is 2.22. The summed E-state index contributed by atoms with van der Waals surface area (Å²) in [5, 5.41) is 1.90. The van der Waals surface area contributed by atoms with E-state index in [1.165, 1.54) is 11.3 Å².